The Morgan fingerprint density at radius 2 is 2.14 bits per heavy atom. The molecule has 1 atom stereocenters. The van der Waals surface area contributed by atoms with E-state index in [4.69, 9.17) is 4.74 Å². The van der Waals surface area contributed by atoms with Crippen molar-refractivity contribution in [1.82, 2.24) is 4.90 Å². The molecule has 1 rings (SSSR count). The minimum Gasteiger partial charge on any atom is -0.443 e. The van der Waals surface area contributed by atoms with Crippen LogP contribution in [0.2, 0.25) is 0 Å². The van der Waals surface area contributed by atoms with E-state index >= 15 is 0 Å². The Morgan fingerprint density at radius 1 is 1.50 bits per heavy atom. The predicted octanol–water partition coefficient (Wildman–Crippen LogP) is 1.94. The molecular weight excluding hydrogens is 178 g/mol. The lowest BCUT2D eigenvalue weighted by Crippen LogP contribution is -2.41. The molecule has 80 valence electrons. The molecule has 0 amide bonds. The molecule has 1 fully saturated rings. The number of likely N-dealkylation sites (tertiary alicyclic amines) is 1. The summed E-state index contributed by atoms with van der Waals surface area (Å²) in [5, 5.41) is 0. The molecule has 0 bridgehead atoms. The molecule has 3 nitrogen and oxygen atoms in total. The highest BCUT2D eigenvalue weighted by atomic mass is 16.6. The first kappa shape index (κ1) is 11.2. The van der Waals surface area contributed by atoms with Gasteiger partial charge in [-0.25, -0.2) is 4.79 Å². The summed E-state index contributed by atoms with van der Waals surface area (Å²) in [6.45, 7) is 7.53. The smallest absolute Gasteiger partial charge is 0.331 e. The molecule has 3 heteroatoms. The van der Waals surface area contributed by atoms with Crippen molar-refractivity contribution in [3.63, 3.8) is 0 Å². The molecule has 0 spiro atoms. The molecule has 0 aliphatic carbocycles. The molecule has 1 aliphatic rings. The van der Waals surface area contributed by atoms with Gasteiger partial charge in [-0.1, -0.05) is 19.9 Å². The van der Waals surface area contributed by atoms with Crippen LogP contribution in [0.4, 0.5) is 0 Å². The topological polar surface area (TPSA) is 29.5 Å². The summed E-state index contributed by atoms with van der Waals surface area (Å²) in [5.41, 5.74) is 0. The van der Waals surface area contributed by atoms with Crippen LogP contribution < -0.4 is 0 Å². The van der Waals surface area contributed by atoms with Gasteiger partial charge in [0.05, 0.1) is 0 Å². The average Bonchev–Trinajstić information content (AvgIpc) is 2.26. The van der Waals surface area contributed by atoms with Crippen LogP contribution in [0.1, 0.15) is 32.6 Å². The van der Waals surface area contributed by atoms with E-state index in [1.165, 1.54) is 25.3 Å². The lowest BCUT2D eigenvalue weighted by atomic mass is 10.1. The maximum Gasteiger partial charge on any atom is 0.331 e. The second-order valence-corrected chi connectivity index (χ2v) is 3.60. The van der Waals surface area contributed by atoms with Crippen molar-refractivity contribution in [2.24, 2.45) is 0 Å². The Balaban J connectivity index is 2.42. The first-order valence-corrected chi connectivity index (χ1v) is 5.35. The Kier molecular flexibility index (Phi) is 4.66. The number of ether oxygens (including phenoxy) is 1. The molecule has 0 aromatic rings. The summed E-state index contributed by atoms with van der Waals surface area (Å²) in [6, 6.07) is 0. The van der Waals surface area contributed by atoms with E-state index in [0.29, 0.717) is 0 Å². The molecule has 0 N–H and O–H groups in total. The van der Waals surface area contributed by atoms with Crippen LogP contribution >= 0.6 is 0 Å². The van der Waals surface area contributed by atoms with Gasteiger partial charge in [0, 0.05) is 19.2 Å². The van der Waals surface area contributed by atoms with E-state index in [-0.39, 0.29) is 12.2 Å². The second-order valence-electron chi connectivity index (χ2n) is 3.60. The molecule has 14 heavy (non-hydrogen) atoms. The highest BCUT2D eigenvalue weighted by molar-refractivity contribution is 5.81. The van der Waals surface area contributed by atoms with Gasteiger partial charge in [0.2, 0.25) is 0 Å². The number of nitrogens with zero attached hydrogens (tertiary/aromatic N) is 1. The number of piperidine rings is 1. The van der Waals surface area contributed by atoms with E-state index in [1.54, 1.807) is 0 Å². The number of rotatable bonds is 4. The Morgan fingerprint density at radius 3 is 2.64 bits per heavy atom. The fourth-order valence-electron chi connectivity index (χ4n) is 1.80. The summed E-state index contributed by atoms with van der Waals surface area (Å²) in [5.74, 6) is -0.317. The summed E-state index contributed by atoms with van der Waals surface area (Å²) < 4.78 is 5.26. The fourth-order valence-corrected chi connectivity index (χ4v) is 1.80. The summed E-state index contributed by atoms with van der Waals surface area (Å²) in [7, 11) is 0. The first-order chi connectivity index (χ1) is 6.77. The van der Waals surface area contributed by atoms with E-state index in [2.05, 4.69) is 11.5 Å². The van der Waals surface area contributed by atoms with Crippen LogP contribution in [0.3, 0.4) is 0 Å². The van der Waals surface area contributed by atoms with Crippen molar-refractivity contribution >= 4 is 5.97 Å². The van der Waals surface area contributed by atoms with Crippen molar-refractivity contribution < 1.29 is 9.53 Å². The maximum absolute atomic E-state index is 11.1. The van der Waals surface area contributed by atoms with Gasteiger partial charge < -0.3 is 4.74 Å². The van der Waals surface area contributed by atoms with Crippen molar-refractivity contribution in [3.05, 3.63) is 12.7 Å². The third-order valence-corrected chi connectivity index (χ3v) is 2.57. The van der Waals surface area contributed by atoms with Crippen molar-refractivity contribution in [1.29, 1.82) is 0 Å². The summed E-state index contributed by atoms with van der Waals surface area (Å²) >= 11 is 0. The first-order valence-electron chi connectivity index (χ1n) is 5.35. The third kappa shape index (κ3) is 3.14. The molecule has 1 unspecified atom stereocenters. The van der Waals surface area contributed by atoms with Crippen LogP contribution in [0, 0.1) is 0 Å². The number of esters is 1. The predicted molar refractivity (Wildman–Crippen MR) is 55.8 cm³/mol. The normalized spacial score (nSPS) is 20.1. The molecule has 0 saturated carbocycles. The van der Waals surface area contributed by atoms with Gasteiger partial charge in [0.15, 0.2) is 6.23 Å². The number of carbonyl (C=O) groups is 1. The molecule has 1 saturated heterocycles. The Bertz CT molecular complexity index is 197. The van der Waals surface area contributed by atoms with Gasteiger partial charge >= 0.3 is 5.97 Å². The number of carbonyl (C=O) groups excluding carboxylic acids is 1. The van der Waals surface area contributed by atoms with Gasteiger partial charge in [0.1, 0.15) is 0 Å². The van der Waals surface area contributed by atoms with E-state index in [0.717, 1.165) is 19.5 Å². The van der Waals surface area contributed by atoms with E-state index < -0.39 is 0 Å². The highest BCUT2D eigenvalue weighted by Gasteiger charge is 2.21. The Hall–Kier alpha value is -0.830. The molecule has 0 aromatic carbocycles. The lowest BCUT2D eigenvalue weighted by molar-refractivity contribution is -0.154. The maximum atomic E-state index is 11.1. The minimum absolute atomic E-state index is 0.0548. The van der Waals surface area contributed by atoms with Crippen LogP contribution in [0.5, 0.6) is 0 Å². The zero-order chi connectivity index (χ0) is 10.4. The van der Waals surface area contributed by atoms with Gasteiger partial charge in [-0.05, 0) is 19.3 Å². The SMILES string of the molecule is C=CC(=O)OC(CC)N1CCCCC1. The number of hydrogen-bond donors (Lipinski definition) is 0. The van der Waals surface area contributed by atoms with Gasteiger partial charge in [-0.3, -0.25) is 4.90 Å². The van der Waals surface area contributed by atoms with Gasteiger partial charge in [-0.2, -0.15) is 0 Å². The van der Waals surface area contributed by atoms with E-state index in [9.17, 15) is 4.79 Å². The Labute approximate surface area is 85.7 Å². The largest absolute Gasteiger partial charge is 0.443 e. The quantitative estimate of drug-likeness (QED) is 0.509. The highest BCUT2D eigenvalue weighted by Crippen LogP contribution is 2.15. The van der Waals surface area contributed by atoms with Gasteiger partial charge in [0.25, 0.3) is 0 Å². The fraction of sp³-hybridized carbons (Fsp3) is 0.727. The molecule has 0 radical (unpaired) electrons. The van der Waals surface area contributed by atoms with Crippen molar-refractivity contribution in [2.75, 3.05) is 13.1 Å². The molecule has 1 heterocycles. The molecular formula is C11H19NO2. The average molecular weight is 197 g/mol. The van der Waals surface area contributed by atoms with Crippen LogP contribution in [0.15, 0.2) is 12.7 Å². The lowest BCUT2D eigenvalue weighted by Gasteiger charge is -2.32. The zero-order valence-corrected chi connectivity index (χ0v) is 8.87. The monoisotopic (exact) mass is 197 g/mol. The summed E-state index contributed by atoms with van der Waals surface area (Å²) in [6.07, 6.45) is 5.74. The van der Waals surface area contributed by atoms with Crippen LogP contribution in [-0.4, -0.2) is 30.2 Å². The number of hydrogen-bond acceptors (Lipinski definition) is 3. The van der Waals surface area contributed by atoms with Crippen LogP contribution in [-0.2, 0) is 9.53 Å². The standard InChI is InChI=1S/C11H19NO2/c1-3-10(14-11(13)4-2)12-8-6-5-7-9-12/h4,10H,2-3,5-9H2,1H3. The van der Waals surface area contributed by atoms with Gasteiger partial charge in [-0.15, -0.1) is 0 Å². The zero-order valence-electron chi connectivity index (χ0n) is 8.87. The molecule has 0 aromatic heterocycles. The van der Waals surface area contributed by atoms with E-state index in [1.807, 2.05) is 6.92 Å². The second kappa shape index (κ2) is 5.81. The van der Waals surface area contributed by atoms with Crippen LogP contribution in [0.25, 0.3) is 0 Å². The van der Waals surface area contributed by atoms with Crippen molar-refractivity contribution in [3.8, 4) is 0 Å². The summed E-state index contributed by atoms with van der Waals surface area (Å²) in [4.78, 5) is 13.3. The minimum atomic E-state index is -0.317. The third-order valence-electron chi connectivity index (χ3n) is 2.57. The molecule has 1 aliphatic heterocycles. The van der Waals surface area contributed by atoms with Crippen molar-refractivity contribution in [2.45, 2.75) is 38.8 Å².